The molecule has 1 aromatic rings. The van der Waals surface area contributed by atoms with Crippen LogP contribution in [0.1, 0.15) is 12.8 Å². The monoisotopic (exact) mass is 364 g/mol. The van der Waals surface area contributed by atoms with Crippen LogP contribution < -0.4 is 10.1 Å². The molecule has 1 fully saturated rings. The zero-order chi connectivity index (χ0) is 16.9. The number of likely N-dealkylation sites (tertiary alicyclic amines) is 1. The van der Waals surface area contributed by atoms with Crippen LogP contribution in [-0.4, -0.2) is 40.3 Å². The van der Waals surface area contributed by atoms with Crippen molar-refractivity contribution in [1.29, 1.82) is 0 Å². The molecule has 1 N–H and O–H groups in total. The Balaban J connectivity index is 1.88. The second-order valence-electron chi connectivity index (χ2n) is 4.84. The lowest BCUT2D eigenvalue weighted by atomic mass is 10.3. The zero-order valence-corrected chi connectivity index (χ0v) is 13.7. The molecule has 0 radical (unpaired) electrons. The summed E-state index contributed by atoms with van der Waals surface area (Å²) in [5, 5.41) is 2.42. The lowest BCUT2D eigenvalue weighted by Crippen LogP contribution is -2.25. The fourth-order valence-corrected chi connectivity index (χ4v) is 3.14. The number of rotatable bonds is 4. The largest absolute Gasteiger partial charge is 0.573 e. The summed E-state index contributed by atoms with van der Waals surface area (Å²) in [6.07, 6.45) is -2.66. The third kappa shape index (κ3) is 5.91. The van der Waals surface area contributed by atoms with Crippen molar-refractivity contribution in [3.05, 3.63) is 24.3 Å². The average Bonchev–Trinajstić information content (AvgIpc) is 2.99. The predicted molar refractivity (Wildman–Crippen MR) is 87.6 cm³/mol. The number of thioether (sulfide) groups is 1. The van der Waals surface area contributed by atoms with E-state index in [9.17, 15) is 18.0 Å². The van der Waals surface area contributed by atoms with E-state index in [-0.39, 0.29) is 11.4 Å². The van der Waals surface area contributed by atoms with Crippen molar-refractivity contribution in [1.82, 2.24) is 4.90 Å². The molecule has 1 aromatic carbocycles. The standard InChI is InChI=1S/C14H15F3N2O2S2/c15-14(16,17)21-11-6-2-1-5-10(11)18-12(20)9-23-13(22)19-7-3-4-8-19/h1-2,5-6H,3-4,7-9H2,(H,18,20). The first-order valence-electron chi connectivity index (χ1n) is 6.91. The summed E-state index contributed by atoms with van der Waals surface area (Å²) in [4.78, 5) is 13.9. The van der Waals surface area contributed by atoms with Crippen LogP contribution in [0, 0.1) is 0 Å². The molecule has 4 nitrogen and oxygen atoms in total. The maximum atomic E-state index is 12.3. The number of halogens is 3. The number of amides is 1. The first kappa shape index (κ1) is 17.9. The molecule has 126 valence electrons. The van der Waals surface area contributed by atoms with Gasteiger partial charge in [-0.2, -0.15) is 0 Å². The fraction of sp³-hybridized carbons (Fsp3) is 0.429. The van der Waals surface area contributed by atoms with Crippen LogP contribution in [0.2, 0.25) is 0 Å². The minimum Gasteiger partial charge on any atom is -0.404 e. The minimum atomic E-state index is -4.81. The second-order valence-corrected chi connectivity index (χ2v) is 6.45. The third-order valence-electron chi connectivity index (χ3n) is 3.08. The summed E-state index contributed by atoms with van der Waals surface area (Å²) < 4.78 is 41.5. The Labute approximate surface area is 141 Å². The van der Waals surface area contributed by atoms with Crippen molar-refractivity contribution in [2.24, 2.45) is 0 Å². The quantitative estimate of drug-likeness (QED) is 0.827. The van der Waals surface area contributed by atoms with Gasteiger partial charge in [-0.25, -0.2) is 0 Å². The van der Waals surface area contributed by atoms with Crippen LogP contribution in [0.5, 0.6) is 5.75 Å². The van der Waals surface area contributed by atoms with E-state index in [0.29, 0.717) is 4.32 Å². The number of hydrogen-bond acceptors (Lipinski definition) is 4. The highest BCUT2D eigenvalue weighted by molar-refractivity contribution is 8.23. The van der Waals surface area contributed by atoms with E-state index >= 15 is 0 Å². The van der Waals surface area contributed by atoms with Crippen molar-refractivity contribution in [3.8, 4) is 5.75 Å². The SMILES string of the molecule is O=C(CSC(=S)N1CCCC1)Nc1ccccc1OC(F)(F)F. The van der Waals surface area contributed by atoms with Crippen LogP contribution in [0.15, 0.2) is 24.3 Å². The molecule has 0 spiro atoms. The predicted octanol–water partition coefficient (Wildman–Crippen LogP) is 3.64. The van der Waals surface area contributed by atoms with Crippen molar-refractivity contribution in [2.45, 2.75) is 19.2 Å². The highest BCUT2D eigenvalue weighted by Gasteiger charge is 2.32. The summed E-state index contributed by atoms with van der Waals surface area (Å²) >= 11 is 6.43. The number of carbonyl (C=O) groups excluding carboxylic acids is 1. The van der Waals surface area contributed by atoms with Gasteiger partial charge in [-0.05, 0) is 25.0 Å². The fourth-order valence-electron chi connectivity index (χ4n) is 2.09. The molecule has 23 heavy (non-hydrogen) atoms. The summed E-state index contributed by atoms with van der Waals surface area (Å²) in [5.74, 6) is -0.842. The van der Waals surface area contributed by atoms with Gasteiger partial charge in [-0.3, -0.25) is 4.79 Å². The van der Waals surface area contributed by atoms with Crippen molar-refractivity contribution in [3.63, 3.8) is 0 Å². The maximum absolute atomic E-state index is 12.3. The number of nitrogens with zero attached hydrogens (tertiary/aromatic N) is 1. The number of alkyl halides is 3. The number of para-hydroxylation sites is 2. The van der Waals surface area contributed by atoms with Gasteiger partial charge < -0.3 is 15.0 Å². The Bertz CT molecular complexity index is 575. The van der Waals surface area contributed by atoms with Crippen LogP contribution in [-0.2, 0) is 4.79 Å². The van der Waals surface area contributed by atoms with Gasteiger partial charge in [0, 0.05) is 13.1 Å². The molecule has 0 unspecified atom stereocenters. The Morgan fingerprint density at radius 3 is 2.61 bits per heavy atom. The van der Waals surface area contributed by atoms with Gasteiger partial charge >= 0.3 is 6.36 Å². The van der Waals surface area contributed by atoms with Gasteiger partial charge in [0.2, 0.25) is 5.91 Å². The lowest BCUT2D eigenvalue weighted by Gasteiger charge is -2.17. The number of ether oxygens (including phenoxy) is 1. The Kier molecular flexibility index (Phi) is 6.11. The van der Waals surface area contributed by atoms with Crippen LogP contribution in [0.25, 0.3) is 0 Å². The molecule has 0 saturated carbocycles. The van der Waals surface area contributed by atoms with Crippen molar-refractivity contribution >= 4 is 39.9 Å². The first-order valence-corrected chi connectivity index (χ1v) is 8.31. The van der Waals surface area contributed by atoms with Crippen LogP contribution >= 0.6 is 24.0 Å². The molecule has 0 bridgehead atoms. The number of hydrogen-bond donors (Lipinski definition) is 1. The van der Waals surface area contributed by atoms with Gasteiger partial charge in [0.25, 0.3) is 0 Å². The second kappa shape index (κ2) is 7.87. The minimum absolute atomic E-state index is 0.0254. The Morgan fingerprint density at radius 1 is 1.30 bits per heavy atom. The van der Waals surface area contributed by atoms with E-state index in [1.807, 2.05) is 4.90 Å². The summed E-state index contributed by atoms with van der Waals surface area (Å²) in [6, 6.07) is 5.41. The van der Waals surface area contributed by atoms with Crippen LogP contribution in [0.4, 0.5) is 18.9 Å². The Morgan fingerprint density at radius 2 is 1.96 bits per heavy atom. The molecule has 0 aliphatic carbocycles. The first-order chi connectivity index (χ1) is 10.8. The summed E-state index contributed by atoms with van der Waals surface area (Å²) in [5.41, 5.74) is -0.0254. The molecule has 1 saturated heterocycles. The van der Waals surface area contributed by atoms with E-state index < -0.39 is 18.0 Å². The van der Waals surface area contributed by atoms with E-state index in [4.69, 9.17) is 12.2 Å². The van der Waals surface area contributed by atoms with Crippen molar-refractivity contribution < 1.29 is 22.7 Å². The van der Waals surface area contributed by atoms with Gasteiger partial charge in [0.15, 0.2) is 5.75 Å². The molecular formula is C14H15F3N2O2S2. The number of carbonyl (C=O) groups is 1. The van der Waals surface area contributed by atoms with Gasteiger partial charge in [-0.1, -0.05) is 36.1 Å². The highest BCUT2D eigenvalue weighted by atomic mass is 32.2. The van der Waals surface area contributed by atoms with Gasteiger partial charge in [0.05, 0.1) is 11.4 Å². The van der Waals surface area contributed by atoms with Crippen LogP contribution in [0.3, 0.4) is 0 Å². The molecule has 1 heterocycles. The molecule has 9 heteroatoms. The topological polar surface area (TPSA) is 41.6 Å². The molecule has 1 amide bonds. The van der Waals surface area contributed by atoms with Crippen molar-refractivity contribution in [2.75, 3.05) is 24.2 Å². The maximum Gasteiger partial charge on any atom is 0.573 e. The van der Waals surface area contributed by atoms with E-state index in [1.165, 1.54) is 30.0 Å². The molecule has 1 aliphatic rings. The Hall–Kier alpha value is -1.48. The number of thiocarbonyl (C=S) groups is 1. The number of nitrogens with one attached hydrogen (secondary N) is 1. The van der Waals surface area contributed by atoms with Gasteiger partial charge in [0.1, 0.15) is 4.32 Å². The zero-order valence-electron chi connectivity index (χ0n) is 12.1. The molecule has 0 atom stereocenters. The normalized spacial score (nSPS) is 14.7. The number of anilines is 1. The van der Waals surface area contributed by atoms with E-state index in [1.54, 1.807) is 0 Å². The van der Waals surface area contributed by atoms with E-state index in [2.05, 4.69) is 10.1 Å². The third-order valence-corrected chi connectivity index (χ3v) is 4.60. The summed E-state index contributed by atoms with van der Waals surface area (Å²) in [6.45, 7) is 1.77. The number of benzene rings is 1. The highest BCUT2D eigenvalue weighted by Crippen LogP contribution is 2.30. The molecule has 1 aliphatic heterocycles. The summed E-state index contributed by atoms with van der Waals surface area (Å²) in [7, 11) is 0. The molecule has 2 rings (SSSR count). The van der Waals surface area contributed by atoms with Gasteiger partial charge in [-0.15, -0.1) is 13.2 Å². The lowest BCUT2D eigenvalue weighted by molar-refractivity contribution is -0.274. The van der Waals surface area contributed by atoms with E-state index in [0.717, 1.165) is 32.0 Å². The molecular weight excluding hydrogens is 349 g/mol. The molecule has 0 aromatic heterocycles. The average molecular weight is 364 g/mol. The smallest absolute Gasteiger partial charge is 0.404 e.